The fourth-order valence-corrected chi connectivity index (χ4v) is 3.88. The summed E-state index contributed by atoms with van der Waals surface area (Å²) in [5, 5.41) is 4.29. The first-order valence-electron chi connectivity index (χ1n) is 7.32. The maximum atomic E-state index is 6.42. The molecule has 0 aliphatic heterocycles. The Morgan fingerprint density at radius 3 is 2.61 bits per heavy atom. The monoisotopic (exact) mass is 248 g/mol. The Balaban J connectivity index is 1.64. The predicted octanol–water partition coefficient (Wildman–Crippen LogP) is 2.17. The second-order valence-electron chi connectivity index (χ2n) is 6.27. The summed E-state index contributed by atoms with van der Waals surface area (Å²) in [6, 6.07) is 0.649. The molecule has 18 heavy (non-hydrogen) atoms. The van der Waals surface area contributed by atoms with Crippen molar-refractivity contribution in [3.8, 4) is 0 Å². The Labute approximate surface area is 109 Å². The zero-order valence-corrected chi connectivity index (χ0v) is 11.4. The summed E-state index contributed by atoms with van der Waals surface area (Å²) in [5.41, 5.74) is 6.42. The molecule has 0 aromatic carbocycles. The number of fused-ring (bicyclic) bond motifs is 1. The van der Waals surface area contributed by atoms with E-state index in [1.807, 2.05) is 4.68 Å². The minimum atomic E-state index is 0.278. The molecule has 0 amide bonds. The van der Waals surface area contributed by atoms with Gasteiger partial charge in [0.05, 0.1) is 0 Å². The highest BCUT2D eigenvalue weighted by molar-refractivity contribution is 5.06. The normalized spacial score (nSPS) is 32.3. The summed E-state index contributed by atoms with van der Waals surface area (Å²) in [4.78, 5) is 4.38. The highest BCUT2D eigenvalue weighted by Crippen LogP contribution is 2.56. The molecule has 0 saturated heterocycles. The zero-order valence-electron chi connectivity index (χ0n) is 11.4. The lowest BCUT2D eigenvalue weighted by Crippen LogP contribution is -2.28. The molecular formula is C14H24N4. The van der Waals surface area contributed by atoms with Crippen LogP contribution < -0.4 is 5.73 Å². The maximum Gasteiger partial charge on any atom is 0.138 e. The van der Waals surface area contributed by atoms with E-state index in [1.54, 1.807) is 6.33 Å². The summed E-state index contributed by atoms with van der Waals surface area (Å²) < 4.78 is 2.01. The van der Waals surface area contributed by atoms with Crippen LogP contribution in [0.4, 0.5) is 0 Å². The smallest absolute Gasteiger partial charge is 0.138 e. The Morgan fingerprint density at radius 2 is 2.00 bits per heavy atom. The average molecular weight is 248 g/mol. The highest BCUT2D eigenvalue weighted by atomic mass is 15.3. The zero-order chi connectivity index (χ0) is 12.7. The quantitative estimate of drug-likeness (QED) is 0.888. The first-order chi connectivity index (χ1) is 8.68. The molecule has 3 atom stereocenters. The Kier molecular flexibility index (Phi) is 3.14. The molecule has 1 aromatic heterocycles. The van der Waals surface area contributed by atoms with E-state index in [2.05, 4.69) is 23.9 Å². The average Bonchev–Trinajstić information content (AvgIpc) is 2.90. The molecule has 2 fully saturated rings. The molecule has 0 bridgehead atoms. The first kappa shape index (κ1) is 12.2. The van der Waals surface area contributed by atoms with Crippen LogP contribution in [-0.4, -0.2) is 20.8 Å². The van der Waals surface area contributed by atoms with Gasteiger partial charge in [-0.3, -0.25) is 0 Å². The summed E-state index contributed by atoms with van der Waals surface area (Å²) in [7, 11) is 0. The molecule has 0 radical (unpaired) electrons. The number of nitrogens with two attached hydrogens (primary N) is 1. The van der Waals surface area contributed by atoms with Gasteiger partial charge in [-0.1, -0.05) is 12.8 Å². The van der Waals surface area contributed by atoms with Gasteiger partial charge >= 0.3 is 0 Å². The molecule has 2 aliphatic rings. The van der Waals surface area contributed by atoms with E-state index < -0.39 is 0 Å². The van der Waals surface area contributed by atoms with Crippen LogP contribution in [0.1, 0.15) is 51.4 Å². The Morgan fingerprint density at radius 1 is 1.33 bits per heavy atom. The highest BCUT2D eigenvalue weighted by Gasteiger charge is 2.53. The van der Waals surface area contributed by atoms with Crippen LogP contribution in [0.5, 0.6) is 0 Å². The Hall–Kier alpha value is -0.900. The number of hydrogen-bond acceptors (Lipinski definition) is 3. The molecule has 4 heteroatoms. The van der Waals surface area contributed by atoms with Crippen LogP contribution in [0, 0.1) is 17.8 Å². The van der Waals surface area contributed by atoms with Crippen molar-refractivity contribution in [3.63, 3.8) is 0 Å². The molecule has 1 heterocycles. The van der Waals surface area contributed by atoms with Crippen molar-refractivity contribution in [2.45, 2.75) is 58.0 Å². The summed E-state index contributed by atoms with van der Waals surface area (Å²) in [6.45, 7) is 4.28. The van der Waals surface area contributed by atoms with Crippen molar-refractivity contribution in [2.24, 2.45) is 23.5 Å². The van der Waals surface area contributed by atoms with Crippen molar-refractivity contribution in [1.29, 1.82) is 0 Å². The molecule has 1 aromatic rings. The second-order valence-corrected chi connectivity index (χ2v) is 6.27. The van der Waals surface area contributed by atoms with Gasteiger partial charge in [-0.2, -0.15) is 5.10 Å². The maximum absolute atomic E-state index is 6.42. The molecule has 2 N–H and O–H groups in total. The summed E-state index contributed by atoms with van der Waals surface area (Å²) in [6.07, 6.45) is 8.16. The number of nitrogens with zero attached hydrogens (tertiary/aromatic N) is 3. The fourth-order valence-electron chi connectivity index (χ4n) is 3.88. The van der Waals surface area contributed by atoms with E-state index >= 15 is 0 Å². The minimum absolute atomic E-state index is 0.278. The topological polar surface area (TPSA) is 56.7 Å². The van der Waals surface area contributed by atoms with Gasteiger partial charge in [0.25, 0.3) is 0 Å². The van der Waals surface area contributed by atoms with Crippen LogP contribution in [0.25, 0.3) is 0 Å². The third kappa shape index (κ3) is 2.07. The molecule has 3 unspecified atom stereocenters. The van der Waals surface area contributed by atoms with Crippen molar-refractivity contribution in [3.05, 3.63) is 12.2 Å². The van der Waals surface area contributed by atoms with E-state index in [0.29, 0.717) is 6.04 Å². The molecule has 4 nitrogen and oxygen atoms in total. The summed E-state index contributed by atoms with van der Waals surface area (Å²) in [5.74, 6) is 3.65. The van der Waals surface area contributed by atoms with Gasteiger partial charge in [-0.05, 0) is 44.4 Å². The van der Waals surface area contributed by atoms with E-state index in [-0.39, 0.29) is 6.04 Å². The van der Waals surface area contributed by atoms with Crippen molar-refractivity contribution < 1.29 is 0 Å². The van der Waals surface area contributed by atoms with Gasteiger partial charge in [0.2, 0.25) is 0 Å². The lowest BCUT2D eigenvalue weighted by Gasteiger charge is -2.14. The van der Waals surface area contributed by atoms with Crippen molar-refractivity contribution in [2.75, 3.05) is 0 Å². The van der Waals surface area contributed by atoms with Crippen LogP contribution in [0.15, 0.2) is 6.33 Å². The predicted molar refractivity (Wildman–Crippen MR) is 71.0 cm³/mol. The summed E-state index contributed by atoms with van der Waals surface area (Å²) >= 11 is 0. The first-order valence-corrected chi connectivity index (χ1v) is 7.32. The van der Waals surface area contributed by atoms with Crippen LogP contribution >= 0.6 is 0 Å². The SMILES string of the molecule is CC(C)n1ncnc1CC(N)C1C2CCCCC21. The van der Waals surface area contributed by atoms with Crippen LogP contribution in [-0.2, 0) is 6.42 Å². The molecule has 3 rings (SSSR count). The third-order valence-electron chi connectivity index (χ3n) is 4.77. The minimum Gasteiger partial charge on any atom is -0.327 e. The van der Waals surface area contributed by atoms with Gasteiger partial charge in [0.1, 0.15) is 12.2 Å². The van der Waals surface area contributed by atoms with Gasteiger partial charge in [-0.15, -0.1) is 0 Å². The molecule has 100 valence electrons. The Bertz CT molecular complexity index is 400. The van der Waals surface area contributed by atoms with E-state index in [9.17, 15) is 0 Å². The van der Waals surface area contributed by atoms with Gasteiger partial charge in [-0.25, -0.2) is 9.67 Å². The number of hydrogen-bond donors (Lipinski definition) is 1. The van der Waals surface area contributed by atoms with E-state index in [0.717, 1.165) is 30.0 Å². The van der Waals surface area contributed by atoms with Crippen LogP contribution in [0.2, 0.25) is 0 Å². The van der Waals surface area contributed by atoms with Gasteiger partial charge in [0, 0.05) is 18.5 Å². The largest absolute Gasteiger partial charge is 0.327 e. The molecule has 2 aliphatic carbocycles. The number of aromatic nitrogens is 3. The lowest BCUT2D eigenvalue weighted by molar-refractivity contribution is 0.464. The third-order valence-corrected chi connectivity index (χ3v) is 4.77. The number of rotatable bonds is 4. The standard InChI is InChI=1S/C14H24N4/c1-9(2)18-13(16-8-17-18)7-12(15)14-10-5-3-4-6-11(10)14/h8-12,14H,3-7,15H2,1-2H3. The fraction of sp³-hybridized carbons (Fsp3) is 0.857. The van der Waals surface area contributed by atoms with Crippen LogP contribution in [0.3, 0.4) is 0 Å². The van der Waals surface area contributed by atoms with E-state index in [4.69, 9.17) is 5.73 Å². The lowest BCUT2D eigenvalue weighted by atomic mass is 10.0. The van der Waals surface area contributed by atoms with Crippen molar-refractivity contribution in [1.82, 2.24) is 14.8 Å². The molecule has 0 spiro atoms. The van der Waals surface area contributed by atoms with Gasteiger partial charge in [0.15, 0.2) is 0 Å². The van der Waals surface area contributed by atoms with Crippen molar-refractivity contribution >= 4 is 0 Å². The molecular weight excluding hydrogens is 224 g/mol. The second kappa shape index (κ2) is 4.65. The van der Waals surface area contributed by atoms with Gasteiger partial charge < -0.3 is 5.73 Å². The molecule has 2 saturated carbocycles. The van der Waals surface area contributed by atoms with E-state index in [1.165, 1.54) is 25.7 Å².